The molecule has 7 heteroatoms. The number of rotatable bonds is 13. The van der Waals surface area contributed by atoms with Gasteiger partial charge < -0.3 is 20.7 Å². The molecule has 0 radical (unpaired) electrons. The van der Waals surface area contributed by atoms with Gasteiger partial charge in [0.1, 0.15) is 5.75 Å². The van der Waals surface area contributed by atoms with Gasteiger partial charge in [-0.1, -0.05) is 69.5 Å². The van der Waals surface area contributed by atoms with E-state index in [9.17, 15) is 9.59 Å². The Labute approximate surface area is 214 Å². The summed E-state index contributed by atoms with van der Waals surface area (Å²) in [5.74, 6) is 0.378. The van der Waals surface area contributed by atoms with Crippen molar-refractivity contribution in [1.29, 1.82) is 0 Å². The van der Waals surface area contributed by atoms with Crippen molar-refractivity contribution in [3.8, 4) is 5.75 Å². The number of nitrogens with one attached hydrogen (secondary N) is 3. The number of halogens is 1. The van der Waals surface area contributed by atoms with E-state index < -0.39 is 0 Å². The first-order valence-corrected chi connectivity index (χ1v) is 13.3. The Morgan fingerprint density at radius 1 is 0.971 bits per heavy atom. The zero-order valence-electron chi connectivity index (χ0n) is 20.7. The maximum atomic E-state index is 12.7. The van der Waals surface area contributed by atoms with Crippen molar-refractivity contribution in [2.45, 2.75) is 77.2 Å². The molecule has 0 aliphatic heterocycles. The van der Waals surface area contributed by atoms with Crippen molar-refractivity contribution in [2.24, 2.45) is 0 Å². The standard InChI is InChI=1S/C28H38ClN3O3/c1-2-3-4-5-9-17-35-24-14-10-13-22(18-24)30-20-27(33)31-23-15-16-26(29)25(19-23)28(34)32-21-11-7-6-8-12-21/h10,13-16,18-19,21,30H,2-9,11-12,17,20H2,1H3,(H,31,33)(H,32,34). The number of ether oxygens (including phenoxy) is 1. The molecule has 0 aromatic heterocycles. The maximum absolute atomic E-state index is 12.7. The van der Waals surface area contributed by atoms with Crippen molar-refractivity contribution < 1.29 is 14.3 Å². The summed E-state index contributed by atoms with van der Waals surface area (Å²) < 4.78 is 5.84. The van der Waals surface area contributed by atoms with E-state index in [1.54, 1.807) is 18.2 Å². The normalized spacial score (nSPS) is 13.8. The number of benzene rings is 2. The number of hydrogen-bond donors (Lipinski definition) is 3. The van der Waals surface area contributed by atoms with E-state index >= 15 is 0 Å². The highest BCUT2D eigenvalue weighted by Crippen LogP contribution is 2.23. The summed E-state index contributed by atoms with van der Waals surface area (Å²) in [5.41, 5.74) is 1.73. The van der Waals surface area contributed by atoms with Crippen molar-refractivity contribution in [2.75, 3.05) is 23.8 Å². The van der Waals surface area contributed by atoms with Gasteiger partial charge in [0.25, 0.3) is 5.91 Å². The van der Waals surface area contributed by atoms with Gasteiger partial charge in [-0.2, -0.15) is 0 Å². The number of carbonyl (C=O) groups is 2. The van der Waals surface area contributed by atoms with Gasteiger partial charge in [-0.25, -0.2) is 0 Å². The topological polar surface area (TPSA) is 79.5 Å². The van der Waals surface area contributed by atoms with E-state index in [4.69, 9.17) is 16.3 Å². The number of hydrogen-bond acceptors (Lipinski definition) is 4. The number of unbranched alkanes of at least 4 members (excludes halogenated alkanes) is 4. The van der Waals surface area contributed by atoms with Gasteiger partial charge in [-0.05, 0) is 49.6 Å². The van der Waals surface area contributed by atoms with E-state index in [2.05, 4.69) is 22.9 Å². The summed E-state index contributed by atoms with van der Waals surface area (Å²) in [6.07, 6.45) is 11.5. The zero-order chi connectivity index (χ0) is 24.9. The summed E-state index contributed by atoms with van der Waals surface area (Å²) in [6.45, 7) is 2.99. The van der Waals surface area contributed by atoms with Gasteiger partial charge in [0, 0.05) is 23.5 Å². The Morgan fingerprint density at radius 2 is 1.77 bits per heavy atom. The molecule has 0 unspecified atom stereocenters. The molecule has 0 saturated heterocycles. The molecule has 2 amide bonds. The molecule has 1 saturated carbocycles. The Morgan fingerprint density at radius 3 is 2.57 bits per heavy atom. The molecule has 0 atom stereocenters. The average molecular weight is 500 g/mol. The number of anilines is 2. The Kier molecular flexibility index (Phi) is 11.2. The van der Waals surface area contributed by atoms with Crippen LogP contribution in [0.15, 0.2) is 42.5 Å². The van der Waals surface area contributed by atoms with Crippen LogP contribution in [0.3, 0.4) is 0 Å². The van der Waals surface area contributed by atoms with Gasteiger partial charge in [0.15, 0.2) is 0 Å². The molecular weight excluding hydrogens is 462 g/mol. The maximum Gasteiger partial charge on any atom is 0.253 e. The van der Waals surface area contributed by atoms with Gasteiger partial charge >= 0.3 is 0 Å². The molecule has 1 fully saturated rings. The summed E-state index contributed by atoms with van der Waals surface area (Å²) in [4.78, 5) is 25.2. The van der Waals surface area contributed by atoms with Crippen molar-refractivity contribution in [3.63, 3.8) is 0 Å². The molecule has 6 nitrogen and oxygen atoms in total. The Hall–Kier alpha value is -2.73. The molecule has 190 valence electrons. The molecule has 0 bridgehead atoms. The molecule has 35 heavy (non-hydrogen) atoms. The highest BCUT2D eigenvalue weighted by Gasteiger charge is 2.19. The van der Waals surface area contributed by atoms with Crippen molar-refractivity contribution >= 4 is 34.8 Å². The van der Waals surface area contributed by atoms with Crippen LogP contribution in [0.5, 0.6) is 5.75 Å². The van der Waals surface area contributed by atoms with Crippen LogP contribution in [0.4, 0.5) is 11.4 Å². The predicted molar refractivity (Wildman–Crippen MR) is 144 cm³/mol. The minimum absolute atomic E-state index is 0.0900. The zero-order valence-corrected chi connectivity index (χ0v) is 21.5. The van der Waals surface area contributed by atoms with Crippen LogP contribution in [-0.4, -0.2) is 31.0 Å². The van der Waals surface area contributed by atoms with Gasteiger partial charge in [-0.15, -0.1) is 0 Å². The van der Waals surface area contributed by atoms with E-state index in [0.29, 0.717) is 22.9 Å². The van der Waals surface area contributed by atoms with Crippen LogP contribution in [0, 0.1) is 0 Å². The van der Waals surface area contributed by atoms with Crippen LogP contribution >= 0.6 is 11.6 Å². The fraction of sp³-hybridized carbons (Fsp3) is 0.500. The van der Waals surface area contributed by atoms with Gasteiger partial charge in [0.05, 0.1) is 23.7 Å². The third kappa shape index (κ3) is 9.44. The second-order valence-corrected chi connectivity index (χ2v) is 9.60. The molecular formula is C28H38ClN3O3. The first-order valence-electron chi connectivity index (χ1n) is 12.9. The molecule has 1 aliphatic carbocycles. The van der Waals surface area contributed by atoms with Crippen LogP contribution in [0.2, 0.25) is 5.02 Å². The fourth-order valence-electron chi connectivity index (χ4n) is 4.27. The second kappa shape index (κ2) is 14.6. The lowest BCUT2D eigenvalue weighted by atomic mass is 9.95. The third-order valence-corrected chi connectivity index (χ3v) is 6.57. The average Bonchev–Trinajstić information content (AvgIpc) is 2.87. The lowest BCUT2D eigenvalue weighted by Gasteiger charge is -2.23. The SMILES string of the molecule is CCCCCCCOc1cccc(NCC(=O)Nc2ccc(Cl)c(C(=O)NC3CCCCC3)c2)c1. The fourth-order valence-corrected chi connectivity index (χ4v) is 4.47. The highest BCUT2D eigenvalue weighted by molar-refractivity contribution is 6.34. The summed E-state index contributed by atoms with van der Waals surface area (Å²) >= 11 is 6.27. The lowest BCUT2D eigenvalue weighted by Crippen LogP contribution is -2.36. The second-order valence-electron chi connectivity index (χ2n) is 9.20. The van der Waals surface area contributed by atoms with E-state index in [1.165, 1.54) is 32.1 Å². The van der Waals surface area contributed by atoms with E-state index in [1.807, 2.05) is 24.3 Å². The molecule has 1 aliphatic rings. The Bertz CT molecular complexity index is 960. The van der Waals surface area contributed by atoms with Gasteiger partial charge in [0.2, 0.25) is 5.91 Å². The largest absolute Gasteiger partial charge is 0.494 e. The predicted octanol–water partition coefficient (Wildman–Crippen LogP) is 6.80. The lowest BCUT2D eigenvalue weighted by molar-refractivity contribution is -0.114. The number of amides is 2. The number of carbonyl (C=O) groups excluding carboxylic acids is 2. The molecule has 0 spiro atoms. The minimum Gasteiger partial charge on any atom is -0.494 e. The molecule has 2 aromatic rings. The van der Waals surface area contributed by atoms with Crippen LogP contribution in [0.1, 0.15) is 81.5 Å². The summed E-state index contributed by atoms with van der Waals surface area (Å²) in [5, 5.41) is 9.42. The van der Waals surface area contributed by atoms with Crippen LogP contribution < -0.4 is 20.7 Å². The molecule has 2 aromatic carbocycles. The van der Waals surface area contributed by atoms with Gasteiger partial charge in [-0.3, -0.25) is 9.59 Å². The van der Waals surface area contributed by atoms with E-state index in [0.717, 1.165) is 43.5 Å². The van der Waals surface area contributed by atoms with Crippen LogP contribution in [0.25, 0.3) is 0 Å². The quantitative estimate of drug-likeness (QED) is 0.265. The summed E-state index contributed by atoms with van der Waals surface area (Å²) in [7, 11) is 0. The highest BCUT2D eigenvalue weighted by atomic mass is 35.5. The summed E-state index contributed by atoms with van der Waals surface area (Å²) in [6, 6.07) is 12.8. The molecule has 0 heterocycles. The first kappa shape index (κ1) is 26.9. The van der Waals surface area contributed by atoms with Crippen molar-refractivity contribution in [3.05, 3.63) is 53.1 Å². The first-order chi connectivity index (χ1) is 17.0. The smallest absolute Gasteiger partial charge is 0.253 e. The van der Waals surface area contributed by atoms with E-state index in [-0.39, 0.29) is 24.4 Å². The third-order valence-electron chi connectivity index (χ3n) is 6.24. The van der Waals surface area contributed by atoms with Crippen LogP contribution in [-0.2, 0) is 4.79 Å². The monoisotopic (exact) mass is 499 g/mol. The minimum atomic E-state index is -0.215. The Balaban J connectivity index is 1.46. The van der Waals surface area contributed by atoms with Crippen molar-refractivity contribution in [1.82, 2.24) is 5.32 Å². The molecule has 3 N–H and O–H groups in total. The molecule has 3 rings (SSSR count).